The van der Waals surface area contributed by atoms with Crippen LogP contribution >= 0.6 is 0 Å². The monoisotopic (exact) mass is 521 g/mol. The van der Waals surface area contributed by atoms with E-state index in [1.807, 2.05) is 19.2 Å². The molecule has 4 heterocycles. The minimum Gasteiger partial charge on any atom is -0.481 e. The molecule has 2 fully saturated rings. The minimum atomic E-state index is -0.870. The van der Waals surface area contributed by atoms with E-state index in [9.17, 15) is 8.78 Å². The van der Waals surface area contributed by atoms with E-state index >= 15 is 0 Å². The molecule has 6 rings (SSSR count). The Morgan fingerprint density at radius 2 is 1.84 bits per heavy atom. The molecule has 0 unspecified atom stereocenters. The lowest BCUT2D eigenvalue weighted by Gasteiger charge is -2.39. The Kier molecular flexibility index (Phi) is 6.00. The molecule has 10 heteroatoms. The molecule has 1 saturated carbocycles. The predicted molar refractivity (Wildman–Crippen MR) is 145 cm³/mol. The van der Waals surface area contributed by atoms with Gasteiger partial charge < -0.3 is 25.2 Å². The van der Waals surface area contributed by atoms with Gasteiger partial charge in [0.25, 0.3) is 0 Å². The molecular formula is C28H33F2N7O. The lowest BCUT2D eigenvalue weighted by molar-refractivity contribution is 0.374. The molecule has 38 heavy (non-hydrogen) atoms. The fourth-order valence-electron chi connectivity index (χ4n) is 6.49. The van der Waals surface area contributed by atoms with Gasteiger partial charge in [0.1, 0.15) is 11.6 Å². The second-order valence-corrected chi connectivity index (χ2v) is 11.1. The number of pyridine rings is 1. The van der Waals surface area contributed by atoms with E-state index < -0.39 is 11.6 Å². The Morgan fingerprint density at radius 3 is 2.55 bits per heavy atom. The average molecular weight is 522 g/mol. The Hall–Kier alpha value is -3.69. The van der Waals surface area contributed by atoms with Crippen LogP contribution in [0.3, 0.4) is 0 Å². The molecule has 2 aromatic heterocycles. The largest absolute Gasteiger partial charge is 0.481 e. The summed E-state index contributed by atoms with van der Waals surface area (Å²) in [6.45, 7) is 6.45. The Morgan fingerprint density at radius 1 is 1.08 bits per heavy atom. The number of halogens is 2. The summed E-state index contributed by atoms with van der Waals surface area (Å²) >= 11 is 0. The van der Waals surface area contributed by atoms with Crippen molar-refractivity contribution in [3.63, 3.8) is 0 Å². The summed E-state index contributed by atoms with van der Waals surface area (Å²) in [6, 6.07) is 8.51. The number of hydrogen-bond acceptors (Lipinski definition) is 8. The van der Waals surface area contributed by atoms with E-state index in [0.29, 0.717) is 41.8 Å². The number of hydrogen-bond donors (Lipinski definition) is 2. The average Bonchev–Trinajstić information content (AvgIpc) is 3.30. The molecule has 1 aliphatic carbocycles. The maximum atomic E-state index is 14.9. The number of methoxy groups -OCH3 is 1. The highest BCUT2D eigenvalue weighted by atomic mass is 19.2. The van der Waals surface area contributed by atoms with Gasteiger partial charge >= 0.3 is 0 Å². The van der Waals surface area contributed by atoms with Crippen molar-refractivity contribution >= 4 is 29.0 Å². The van der Waals surface area contributed by atoms with Crippen molar-refractivity contribution in [1.82, 2.24) is 15.0 Å². The maximum absolute atomic E-state index is 14.9. The van der Waals surface area contributed by atoms with Crippen molar-refractivity contribution in [3.8, 4) is 5.88 Å². The molecule has 3 atom stereocenters. The molecule has 0 radical (unpaired) electrons. The standard InChI is InChI=1S/C28H33F2N7O/c1-28(2)15-37(20-7-5-6-19(29)23(20)30)26-22(28)25(31-3)34-27(35-26)33-24-16-8-9-17(24)14-36(13-16)18-10-11-32-21(12-18)38-4/h5-7,10-12,16-17,24H,8-9,13-15H2,1-4H3,(H2,31,33,34,35)/t16-,17+,24+. The van der Waals surface area contributed by atoms with Crippen molar-refractivity contribution in [2.45, 2.75) is 38.1 Å². The van der Waals surface area contributed by atoms with Crippen molar-refractivity contribution < 1.29 is 13.5 Å². The molecule has 200 valence electrons. The highest BCUT2D eigenvalue weighted by Gasteiger charge is 2.44. The Labute approximate surface area is 221 Å². The highest BCUT2D eigenvalue weighted by molar-refractivity contribution is 5.76. The first-order valence-electron chi connectivity index (χ1n) is 13.1. The van der Waals surface area contributed by atoms with Crippen LogP contribution in [0.4, 0.5) is 37.7 Å². The number of anilines is 5. The molecule has 3 aliphatic rings. The third kappa shape index (κ3) is 4.06. The Bertz CT molecular complexity index is 1350. The van der Waals surface area contributed by atoms with Crippen LogP contribution in [-0.2, 0) is 5.41 Å². The third-order valence-corrected chi connectivity index (χ3v) is 8.26. The summed E-state index contributed by atoms with van der Waals surface area (Å²) in [5, 5.41) is 6.87. The van der Waals surface area contributed by atoms with E-state index in [4.69, 9.17) is 14.7 Å². The van der Waals surface area contributed by atoms with Crippen LogP contribution in [0.1, 0.15) is 32.3 Å². The van der Waals surface area contributed by atoms with Gasteiger partial charge in [-0.25, -0.2) is 13.8 Å². The Balaban J connectivity index is 1.30. The van der Waals surface area contributed by atoms with Crippen LogP contribution in [0, 0.1) is 23.5 Å². The second kappa shape index (κ2) is 9.25. The number of piperidine rings is 1. The van der Waals surface area contributed by atoms with E-state index in [-0.39, 0.29) is 17.1 Å². The van der Waals surface area contributed by atoms with Gasteiger partial charge in [0.05, 0.1) is 12.8 Å². The van der Waals surface area contributed by atoms with Gasteiger partial charge in [-0.05, 0) is 42.9 Å². The second-order valence-electron chi connectivity index (χ2n) is 11.1. The molecule has 2 N–H and O–H groups in total. The first-order valence-corrected chi connectivity index (χ1v) is 13.1. The van der Waals surface area contributed by atoms with E-state index in [0.717, 1.165) is 43.2 Å². The number of rotatable bonds is 6. The first-order chi connectivity index (χ1) is 18.3. The fraction of sp³-hybridized carbons (Fsp3) is 0.464. The molecule has 0 amide bonds. The van der Waals surface area contributed by atoms with Gasteiger partial charge in [0.15, 0.2) is 11.6 Å². The van der Waals surface area contributed by atoms with Gasteiger partial charge in [-0.15, -0.1) is 0 Å². The molecule has 1 saturated heterocycles. The topological polar surface area (TPSA) is 78.4 Å². The highest BCUT2D eigenvalue weighted by Crippen LogP contribution is 2.48. The van der Waals surface area contributed by atoms with Gasteiger partial charge in [0, 0.05) is 61.7 Å². The molecular weight excluding hydrogens is 488 g/mol. The molecule has 1 aromatic carbocycles. The number of nitrogens with one attached hydrogen (secondary N) is 2. The minimum absolute atomic E-state index is 0.185. The van der Waals surface area contributed by atoms with Crippen LogP contribution in [0.15, 0.2) is 36.5 Å². The zero-order valence-electron chi connectivity index (χ0n) is 22.1. The zero-order valence-corrected chi connectivity index (χ0v) is 22.1. The van der Waals surface area contributed by atoms with Crippen LogP contribution in [0.25, 0.3) is 0 Å². The van der Waals surface area contributed by atoms with Crippen molar-refractivity contribution in [1.29, 1.82) is 0 Å². The normalized spacial score (nSPS) is 23.4. The first kappa shape index (κ1) is 24.6. The van der Waals surface area contributed by atoms with E-state index in [1.165, 1.54) is 6.07 Å². The van der Waals surface area contributed by atoms with E-state index in [1.54, 1.807) is 24.3 Å². The van der Waals surface area contributed by atoms with Gasteiger partial charge in [0.2, 0.25) is 11.8 Å². The predicted octanol–water partition coefficient (Wildman–Crippen LogP) is 4.96. The maximum Gasteiger partial charge on any atom is 0.226 e. The fourth-order valence-corrected chi connectivity index (χ4v) is 6.49. The van der Waals surface area contributed by atoms with Gasteiger partial charge in [-0.1, -0.05) is 19.9 Å². The summed E-state index contributed by atoms with van der Waals surface area (Å²) in [4.78, 5) is 18.2. The molecule has 2 aliphatic heterocycles. The number of benzene rings is 1. The van der Waals surface area contributed by atoms with Crippen LogP contribution < -0.4 is 25.2 Å². The lowest BCUT2D eigenvalue weighted by Crippen LogP contribution is -2.48. The molecule has 2 bridgehead atoms. The molecule has 0 spiro atoms. The number of ether oxygens (including phenoxy) is 1. The van der Waals surface area contributed by atoms with Crippen LogP contribution in [0.5, 0.6) is 5.88 Å². The van der Waals surface area contributed by atoms with Gasteiger partial charge in [-0.3, -0.25) is 0 Å². The third-order valence-electron chi connectivity index (χ3n) is 8.26. The molecule has 3 aromatic rings. The van der Waals surface area contributed by atoms with Crippen LogP contribution in [0.2, 0.25) is 0 Å². The van der Waals surface area contributed by atoms with Crippen molar-refractivity contribution in [2.75, 3.05) is 54.2 Å². The summed E-state index contributed by atoms with van der Waals surface area (Å²) in [5.74, 6) is 1.55. The number of nitrogens with zero attached hydrogens (tertiary/aromatic N) is 5. The molecule has 8 nitrogen and oxygen atoms in total. The van der Waals surface area contributed by atoms with Crippen molar-refractivity contribution in [3.05, 3.63) is 53.7 Å². The summed E-state index contributed by atoms with van der Waals surface area (Å²) in [6.07, 6.45) is 4.03. The lowest BCUT2D eigenvalue weighted by atomic mass is 9.88. The van der Waals surface area contributed by atoms with E-state index in [2.05, 4.69) is 34.4 Å². The van der Waals surface area contributed by atoms with Gasteiger partial charge in [-0.2, -0.15) is 9.97 Å². The summed E-state index contributed by atoms with van der Waals surface area (Å²) < 4.78 is 34.4. The van der Waals surface area contributed by atoms with Crippen molar-refractivity contribution in [2.24, 2.45) is 11.8 Å². The number of fused-ring (bicyclic) bond motifs is 3. The zero-order chi connectivity index (χ0) is 26.6. The summed E-state index contributed by atoms with van der Waals surface area (Å²) in [5.41, 5.74) is 1.85. The summed E-state index contributed by atoms with van der Waals surface area (Å²) in [7, 11) is 3.46. The quantitative estimate of drug-likeness (QED) is 0.472. The number of aromatic nitrogens is 3. The SMILES string of the molecule is CNc1nc(N[C@H]2[C@@H]3CC[C@H]2CN(c2ccnc(OC)c2)C3)nc2c1C(C)(C)CN2c1cccc(F)c1F. The smallest absolute Gasteiger partial charge is 0.226 e. The van der Waals surface area contributed by atoms with Crippen LogP contribution in [-0.4, -0.2) is 54.8 Å².